The molecule has 5 aliphatic rings. The maximum Gasteiger partial charge on any atom is 0.335 e. The van der Waals surface area contributed by atoms with Crippen LogP contribution in [0.2, 0.25) is 0 Å². The third kappa shape index (κ3) is 2.73. The Balaban J connectivity index is 1.38. The highest BCUT2D eigenvalue weighted by Crippen LogP contribution is 2.62. The molecular formula is C23H27NO9. The molecule has 10 atom stereocenters. The van der Waals surface area contributed by atoms with E-state index in [0.29, 0.717) is 5.75 Å². The second-order valence-corrected chi connectivity index (χ2v) is 9.78. The summed E-state index contributed by atoms with van der Waals surface area (Å²) in [6.07, 6.45) is -4.16. The molecule has 178 valence electrons. The topological polar surface area (TPSA) is 149 Å². The Bertz CT molecular complexity index is 1030. The van der Waals surface area contributed by atoms with Crippen LogP contribution in [0.3, 0.4) is 0 Å². The lowest BCUT2D eigenvalue weighted by atomic mass is 9.53. The minimum atomic E-state index is -1.79. The largest absolute Gasteiger partial charge is 0.504 e. The van der Waals surface area contributed by atoms with Gasteiger partial charge in [0.15, 0.2) is 23.9 Å². The number of piperidine rings is 1. The van der Waals surface area contributed by atoms with E-state index in [4.69, 9.17) is 14.2 Å². The second-order valence-electron chi connectivity index (χ2n) is 9.78. The van der Waals surface area contributed by atoms with Crippen molar-refractivity contribution in [1.82, 2.24) is 4.90 Å². The molecule has 1 aromatic carbocycles. The Morgan fingerprint density at radius 3 is 2.73 bits per heavy atom. The molecule has 1 aromatic rings. The van der Waals surface area contributed by atoms with Crippen molar-refractivity contribution < 1.29 is 44.5 Å². The number of hydrogen-bond acceptors (Lipinski definition) is 9. The summed E-state index contributed by atoms with van der Waals surface area (Å²) < 4.78 is 17.7. The Hall–Kier alpha value is -2.21. The Morgan fingerprint density at radius 2 is 1.97 bits per heavy atom. The van der Waals surface area contributed by atoms with Gasteiger partial charge in [-0.15, -0.1) is 0 Å². The molecule has 2 fully saturated rings. The van der Waals surface area contributed by atoms with Crippen LogP contribution in [0.5, 0.6) is 11.5 Å². The SMILES string of the molecule is CN1CC[C@]23c4c5ccc(O)c4O[C@H]2[C@@H](O[C@@H]2O[C@H](C(=O)O)[C@@H](O)C(O)[C@H]2O)C=C[C@H]3[C@H]1C5. The van der Waals surface area contributed by atoms with Crippen molar-refractivity contribution in [2.75, 3.05) is 13.6 Å². The Kier molecular flexibility index (Phi) is 4.62. The van der Waals surface area contributed by atoms with E-state index in [0.717, 1.165) is 30.5 Å². The number of phenolic OH excluding ortho intramolecular Hbond substituents is 1. The average molecular weight is 461 g/mol. The first-order chi connectivity index (χ1) is 15.7. The molecule has 33 heavy (non-hydrogen) atoms. The molecule has 10 nitrogen and oxygen atoms in total. The van der Waals surface area contributed by atoms with Crippen molar-refractivity contribution in [3.05, 3.63) is 35.4 Å². The maximum atomic E-state index is 11.5. The van der Waals surface area contributed by atoms with Gasteiger partial charge in [0.2, 0.25) is 0 Å². The monoisotopic (exact) mass is 461 g/mol. The van der Waals surface area contributed by atoms with Crippen LogP contribution >= 0.6 is 0 Å². The van der Waals surface area contributed by atoms with Gasteiger partial charge in [-0.2, -0.15) is 0 Å². The van der Waals surface area contributed by atoms with Gasteiger partial charge < -0.3 is 44.6 Å². The van der Waals surface area contributed by atoms with Gasteiger partial charge in [-0.05, 0) is 38.1 Å². The van der Waals surface area contributed by atoms with E-state index in [1.165, 1.54) is 0 Å². The van der Waals surface area contributed by atoms with Crippen molar-refractivity contribution in [2.24, 2.45) is 5.92 Å². The smallest absolute Gasteiger partial charge is 0.335 e. The molecule has 10 heteroatoms. The first-order valence-corrected chi connectivity index (χ1v) is 11.2. The molecule has 0 aromatic heterocycles. The molecule has 2 aliphatic carbocycles. The Morgan fingerprint density at radius 1 is 1.18 bits per heavy atom. The molecule has 0 saturated carbocycles. The fourth-order valence-corrected chi connectivity index (χ4v) is 6.66. The third-order valence-electron chi connectivity index (χ3n) is 8.23. The second kappa shape index (κ2) is 7.14. The first-order valence-electron chi connectivity index (χ1n) is 11.2. The molecule has 1 unspecified atom stereocenters. The number of aliphatic hydroxyl groups excluding tert-OH is 3. The van der Waals surface area contributed by atoms with Gasteiger partial charge >= 0.3 is 5.97 Å². The van der Waals surface area contributed by atoms with Crippen molar-refractivity contribution >= 4 is 5.97 Å². The van der Waals surface area contributed by atoms with Gasteiger partial charge in [0.1, 0.15) is 30.5 Å². The van der Waals surface area contributed by atoms with Crippen molar-refractivity contribution in [3.8, 4) is 11.5 Å². The predicted octanol–water partition coefficient (Wildman–Crippen LogP) is -0.885. The van der Waals surface area contributed by atoms with E-state index in [1.807, 2.05) is 12.1 Å². The van der Waals surface area contributed by atoms with E-state index in [9.17, 15) is 30.3 Å². The summed E-state index contributed by atoms with van der Waals surface area (Å²) in [7, 11) is 2.11. The van der Waals surface area contributed by atoms with E-state index in [-0.39, 0.29) is 17.7 Å². The van der Waals surface area contributed by atoms with Crippen molar-refractivity contribution in [2.45, 2.75) is 67.2 Å². The number of carboxylic acids is 1. The number of aromatic hydroxyl groups is 1. The van der Waals surface area contributed by atoms with Crippen LogP contribution in [0.15, 0.2) is 24.3 Å². The molecule has 5 N–H and O–H groups in total. The van der Waals surface area contributed by atoms with Gasteiger partial charge in [-0.3, -0.25) is 0 Å². The van der Waals surface area contributed by atoms with Crippen LogP contribution in [0.4, 0.5) is 0 Å². The number of carbonyl (C=O) groups is 1. The van der Waals surface area contributed by atoms with E-state index in [1.54, 1.807) is 6.07 Å². The molecule has 0 amide bonds. The number of likely N-dealkylation sites (tertiary alicyclic amines) is 1. The number of ether oxygens (including phenoxy) is 3. The number of aliphatic hydroxyl groups is 3. The van der Waals surface area contributed by atoms with Gasteiger partial charge in [0.25, 0.3) is 0 Å². The van der Waals surface area contributed by atoms with Crippen LogP contribution in [-0.2, 0) is 26.1 Å². The minimum absolute atomic E-state index is 0.0610. The van der Waals surface area contributed by atoms with E-state index < -0.39 is 54.3 Å². The molecule has 0 radical (unpaired) electrons. The number of likely N-dealkylation sites (N-methyl/N-ethyl adjacent to an activating group) is 1. The standard InChI is InChI=1S/C23H27NO9/c1-24-7-6-23-10-3-5-13(31-22-17(28)15(26)16(27)19(33-22)21(29)30)20(23)32-18-12(25)4-2-9(14(18)23)8-11(10)24/h2-5,10-11,13,15-17,19-20,22,25-28H,6-8H2,1H3,(H,29,30)/t10-,11+,13-,15?,16-,17+,19-,20-,22+,23-/m0/s1. The summed E-state index contributed by atoms with van der Waals surface area (Å²) in [4.78, 5) is 13.8. The third-order valence-corrected chi connectivity index (χ3v) is 8.23. The van der Waals surface area contributed by atoms with E-state index in [2.05, 4.69) is 18.0 Å². The Labute approximate surface area is 189 Å². The van der Waals surface area contributed by atoms with Crippen molar-refractivity contribution in [1.29, 1.82) is 0 Å². The lowest BCUT2D eigenvalue weighted by molar-refractivity contribution is -0.307. The summed E-state index contributed by atoms with van der Waals surface area (Å²) in [5.74, 6) is -0.824. The molecular weight excluding hydrogens is 434 g/mol. The van der Waals surface area contributed by atoms with E-state index >= 15 is 0 Å². The highest BCUT2D eigenvalue weighted by Gasteiger charge is 2.65. The molecule has 1 spiro atoms. The van der Waals surface area contributed by atoms with Crippen LogP contribution in [0, 0.1) is 5.92 Å². The summed E-state index contributed by atoms with van der Waals surface area (Å²) in [6, 6.07) is 3.85. The summed E-state index contributed by atoms with van der Waals surface area (Å²) in [5, 5.41) is 50.5. The number of nitrogens with zero attached hydrogens (tertiary/aromatic N) is 1. The van der Waals surface area contributed by atoms with Crippen LogP contribution in [0.1, 0.15) is 17.5 Å². The average Bonchev–Trinajstić information content (AvgIpc) is 3.14. The van der Waals surface area contributed by atoms with Crippen LogP contribution in [0.25, 0.3) is 0 Å². The normalized spacial score (nSPS) is 45.4. The maximum absolute atomic E-state index is 11.5. The molecule has 3 heterocycles. The number of phenols is 1. The zero-order valence-corrected chi connectivity index (χ0v) is 17.9. The summed E-state index contributed by atoms with van der Waals surface area (Å²) in [5.41, 5.74) is 1.69. The van der Waals surface area contributed by atoms with Crippen molar-refractivity contribution in [3.63, 3.8) is 0 Å². The van der Waals surface area contributed by atoms with Crippen LogP contribution in [-0.4, -0.2) is 98.9 Å². The molecule has 2 saturated heterocycles. The zero-order valence-electron chi connectivity index (χ0n) is 17.9. The van der Waals surface area contributed by atoms with Gasteiger partial charge in [-0.1, -0.05) is 18.2 Å². The fraction of sp³-hybridized carbons (Fsp3) is 0.609. The highest BCUT2D eigenvalue weighted by molar-refractivity contribution is 5.73. The number of carboxylic acid groups (broad SMARTS) is 1. The lowest BCUT2D eigenvalue weighted by Gasteiger charge is -2.57. The number of rotatable bonds is 3. The summed E-state index contributed by atoms with van der Waals surface area (Å²) >= 11 is 0. The van der Waals surface area contributed by atoms with Gasteiger partial charge in [0, 0.05) is 22.9 Å². The first kappa shape index (κ1) is 21.3. The molecule has 6 rings (SSSR count). The van der Waals surface area contributed by atoms with Gasteiger partial charge in [-0.25, -0.2) is 4.79 Å². The number of hydrogen-bond donors (Lipinski definition) is 5. The molecule has 3 aliphatic heterocycles. The lowest BCUT2D eigenvalue weighted by Crippen LogP contribution is -2.66. The fourth-order valence-electron chi connectivity index (χ4n) is 6.66. The predicted molar refractivity (Wildman–Crippen MR) is 111 cm³/mol. The quantitative estimate of drug-likeness (QED) is 0.359. The number of benzene rings is 1. The minimum Gasteiger partial charge on any atom is -0.504 e. The summed E-state index contributed by atoms with van der Waals surface area (Å²) in [6.45, 7) is 0.838. The molecule has 2 bridgehead atoms. The zero-order chi connectivity index (χ0) is 23.2. The number of aliphatic carboxylic acids is 1. The highest BCUT2D eigenvalue weighted by atomic mass is 16.7. The van der Waals surface area contributed by atoms with Crippen LogP contribution < -0.4 is 4.74 Å². The van der Waals surface area contributed by atoms with Gasteiger partial charge in [0.05, 0.1) is 0 Å².